The molecule has 112 valence electrons. The van der Waals surface area contributed by atoms with Gasteiger partial charge < -0.3 is 9.78 Å². The smallest absolute Gasteiger partial charge is 0.328 e. The molecule has 0 bridgehead atoms. The number of benzene rings is 2. The number of rotatable bonds is 6. The lowest BCUT2D eigenvalue weighted by Crippen LogP contribution is -1.98. The lowest BCUT2D eigenvalue weighted by Gasteiger charge is -2.10. The van der Waals surface area contributed by atoms with Gasteiger partial charge in [-0.15, -0.1) is 0 Å². The third-order valence-corrected chi connectivity index (χ3v) is 3.42. The van der Waals surface area contributed by atoms with Crippen molar-refractivity contribution in [1.82, 2.24) is 0 Å². The summed E-state index contributed by atoms with van der Waals surface area (Å²) in [6.07, 6.45) is 0. The van der Waals surface area contributed by atoms with Gasteiger partial charge in [0.15, 0.2) is 11.5 Å². The van der Waals surface area contributed by atoms with Gasteiger partial charge in [-0.1, -0.05) is 32.6 Å². The summed E-state index contributed by atoms with van der Waals surface area (Å²) in [5.41, 5.74) is 0. The summed E-state index contributed by atoms with van der Waals surface area (Å²) in [5, 5.41) is 1.03. The maximum Gasteiger partial charge on any atom is 0.495 e. The van der Waals surface area contributed by atoms with Crippen molar-refractivity contribution in [2.45, 2.75) is 0 Å². The summed E-state index contributed by atoms with van der Waals surface area (Å²) in [7, 11) is 0. The molecular weight excluding hydrogens is 361 g/mol. The Morgan fingerprint density at radius 3 is 1.38 bits per heavy atom. The zero-order chi connectivity index (χ0) is 15.3. The largest absolute Gasteiger partial charge is 0.495 e. The molecule has 0 unspecified atom stereocenters. The van der Waals surface area contributed by atoms with Crippen LogP contribution in [0.1, 0.15) is 0 Å². The first-order valence-corrected chi connectivity index (χ1v) is 8.68. The third kappa shape index (κ3) is 5.75. The molecule has 0 aliphatic rings. The minimum Gasteiger partial charge on any atom is -0.328 e. The van der Waals surface area contributed by atoms with Crippen molar-refractivity contribution in [1.29, 1.82) is 0 Å². The van der Waals surface area contributed by atoms with Gasteiger partial charge in [0.05, 0.1) is 0 Å². The quantitative estimate of drug-likeness (QED) is 0.373. The Hall–Kier alpha value is -0.940. The van der Waals surface area contributed by atoms with Crippen molar-refractivity contribution >= 4 is 41.4 Å². The molecular formula is C12H8Cl3O5P. The highest BCUT2D eigenvalue weighted by atomic mass is 35.7. The van der Waals surface area contributed by atoms with Crippen molar-refractivity contribution in [3.05, 3.63) is 58.6 Å². The molecule has 0 atom stereocenters. The molecule has 0 aliphatic heterocycles. The monoisotopic (exact) mass is 368 g/mol. The Balaban J connectivity index is 1.85. The number of hydrogen-bond acceptors (Lipinski definition) is 5. The van der Waals surface area contributed by atoms with Crippen LogP contribution in [0.4, 0.5) is 0 Å². The van der Waals surface area contributed by atoms with Crippen molar-refractivity contribution in [2.24, 2.45) is 0 Å². The zero-order valence-corrected chi connectivity index (χ0v) is 13.4. The number of halogens is 3. The number of hydrogen-bond donors (Lipinski definition) is 0. The predicted molar refractivity (Wildman–Crippen MR) is 79.8 cm³/mol. The van der Waals surface area contributed by atoms with E-state index in [9.17, 15) is 4.57 Å². The standard InChI is InChI=1S/C12H8Cl3O5P/c13-9-1-5-11(6-2-9)17-19-21(15,16)20-18-12-7-3-10(14)4-8-12/h1-8H. The Bertz CT molecular complexity index is 579. The second-order valence-electron chi connectivity index (χ2n) is 3.65. The van der Waals surface area contributed by atoms with Gasteiger partial charge >= 0.3 is 6.95 Å². The highest BCUT2D eigenvalue weighted by molar-refractivity contribution is 7.81. The second kappa shape index (κ2) is 7.36. The molecule has 0 amide bonds. The van der Waals surface area contributed by atoms with Crippen LogP contribution < -0.4 is 9.78 Å². The van der Waals surface area contributed by atoms with Crippen LogP contribution in [-0.2, 0) is 13.9 Å². The Kier molecular flexibility index (Phi) is 5.76. The van der Waals surface area contributed by atoms with Gasteiger partial charge in [0.25, 0.3) is 0 Å². The first kappa shape index (κ1) is 16.4. The maximum absolute atomic E-state index is 11.7. The van der Waals surface area contributed by atoms with E-state index in [4.69, 9.17) is 44.2 Å². The van der Waals surface area contributed by atoms with E-state index in [1.54, 1.807) is 24.3 Å². The molecule has 0 aliphatic carbocycles. The molecule has 0 spiro atoms. The van der Waals surface area contributed by atoms with Crippen LogP contribution in [-0.4, -0.2) is 0 Å². The van der Waals surface area contributed by atoms with E-state index in [0.29, 0.717) is 10.0 Å². The first-order valence-electron chi connectivity index (χ1n) is 5.48. The van der Waals surface area contributed by atoms with E-state index in [1.807, 2.05) is 0 Å². The van der Waals surface area contributed by atoms with E-state index in [-0.39, 0.29) is 11.5 Å². The van der Waals surface area contributed by atoms with Crippen molar-refractivity contribution in [3.8, 4) is 11.5 Å². The van der Waals surface area contributed by atoms with E-state index < -0.39 is 6.95 Å². The summed E-state index contributed by atoms with van der Waals surface area (Å²) >= 11 is 16.9. The zero-order valence-electron chi connectivity index (χ0n) is 10.2. The summed E-state index contributed by atoms with van der Waals surface area (Å²) in [5.74, 6) is 0.491. The summed E-state index contributed by atoms with van der Waals surface area (Å²) in [6.45, 7) is -4.09. The van der Waals surface area contributed by atoms with Crippen LogP contribution in [0.25, 0.3) is 0 Å². The van der Waals surface area contributed by atoms with Crippen LogP contribution in [0.5, 0.6) is 11.5 Å². The molecule has 0 N–H and O–H groups in total. The second-order valence-corrected chi connectivity index (χ2v) is 6.93. The SMILES string of the molecule is O=P(Cl)(OOc1ccc(Cl)cc1)OOc1ccc(Cl)cc1. The Labute approximate surface area is 135 Å². The normalized spacial score (nSPS) is 11.2. The predicted octanol–water partition coefficient (Wildman–Crippen LogP) is 5.66. The van der Waals surface area contributed by atoms with Crippen LogP contribution in [0.3, 0.4) is 0 Å². The highest BCUT2D eigenvalue weighted by Gasteiger charge is 2.26. The molecule has 0 fully saturated rings. The Morgan fingerprint density at radius 1 is 0.714 bits per heavy atom. The molecule has 0 heterocycles. The van der Waals surface area contributed by atoms with Crippen molar-refractivity contribution in [3.63, 3.8) is 0 Å². The molecule has 21 heavy (non-hydrogen) atoms. The van der Waals surface area contributed by atoms with Crippen molar-refractivity contribution < 1.29 is 23.7 Å². The molecule has 0 radical (unpaired) electrons. The summed E-state index contributed by atoms with van der Waals surface area (Å²) in [6, 6.07) is 12.2. The lowest BCUT2D eigenvalue weighted by molar-refractivity contribution is -0.164. The molecule has 5 nitrogen and oxygen atoms in total. The molecule has 0 saturated heterocycles. The average molecular weight is 370 g/mol. The molecule has 2 aromatic rings. The molecule has 0 saturated carbocycles. The fourth-order valence-corrected chi connectivity index (χ4v) is 1.96. The fraction of sp³-hybridized carbons (Fsp3) is 0. The van der Waals surface area contributed by atoms with Crippen molar-refractivity contribution in [2.75, 3.05) is 0 Å². The molecule has 9 heteroatoms. The molecule has 0 aromatic heterocycles. The Morgan fingerprint density at radius 2 is 1.05 bits per heavy atom. The molecule has 2 rings (SSSR count). The minimum atomic E-state index is -4.09. The van der Waals surface area contributed by atoms with E-state index in [1.165, 1.54) is 24.3 Å². The summed E-state index contributed by atoms with van der Waals surface area (Å²) < 4.78 is 20.7. The van der Waals surface area contributed by atoms with Gasteiger partial charge in [-0.25, -0.2) is 4.57 Å². The van der Waals surface area contributed by atoms with Gasteiger partial charge in [-0.3, -0.25) is 0 Å². The van der Waals surface area contributed by atoms with Gasteiger partial charge in [0.1, 0.15) is 0 Å². The molecule has 2 aromatic carbocycles. The minimum absolute atomic E-state index is 0.246. The van der Waals surface area contributed by atoms with E-state index in [2.05, 4.69) is 9.35 Å². The van der Waals surface area contributed by atoms with Crippen LogP contribution in [0.15, 0.2) is 48.5 Å². The van der Waals surface area contributed by atoms with E-state index >= 15 is 0 Å². The first-order chi connectivity index (χ1) is 9.94. The third-order valence-electron chi connectivity index (χ3n) is 2.07. The topological polar surface area (TPSA) is 54.0 Å². The van der Waals surface area contributed by atoms with Gasteiger partial charge in [-0.05, 0) is 48.5 Å². The van der Waals surface area contributed by atoms with Gasteiger partial charge in [0.2, 0.25) is 0 Å². The lowest BCUT2D eigenvalue weighted by atomic mass is 10.3. The van der Waals surface area contributed by atoms with Crippen LogP contribution in [0.2, 0.25) is 10.0 Å². The van der Waals surface area contributed by atoms with Crippen LogP contribution in [0, 0.1) is 0 Å². The highest BCUT2D eigenvalue weighted by Crippen LogP contribution is 2.53. The van der Waals surface area contributed by atoms with Gasteiger partial charge in [-0.2, -0.15) is 0 Å². The average Bonchev–Trinajstić information content (AvgIpc) is 2.46. The fourth-order valence-electron chi connectivity index (χ4n) is 1.17. The van der Waals surface area contributed by atoms with Crippen LogP contribution >= 0.6 is 41.4 Å². The van der Waals surface area contributed by atoms with E-state index in [0.717, 1.165) is 0 Å². The maximum atomic E-state index is 11.7. The summed E-state index contributed by atoms with van der Waals surface area (Å²) in [4.78, 5) is 9.51. The van der Waals surface area contributed by atoms with Gasteiger partial charge in [0, 0.05) is 21.3 Å².